The van der Waals surface area contributed by atoms with Gasteiger partial charge in [-0.1, -0.05) is 23.7 Å². The number of hydrogen-bond donors (Lipinski definition) is 0. The normalized spacial score (nSPS) is 10.1. The highest BCUT2D eigenvalue weighted by Gasteiger charge is 1.99. The Morgan fingerprint density at radius 1 is 1.25 bits per heavy atom. The molecule has 1 aromatic carbocycles. The minimum Gasteiger partial charge on any atom is -0.473 e. The zero-order valence-corrected chi connectivity index (χ0v) is 9.12. The number of nitrogens with zero attached hydrogens (tertiary/aromatic N) is 1. The van der Waals surface area contributed by atoms with Crippen LogP contribution in [0, 0.1) is 5.82 Å². The van der Waals surface area contributed by atoms with E-state index in [4.69, 9.17) is 16.3 Å². The van der Waals surface area contributed by atoms with Crippen molar-refractivity contribution in [1.82, 2.24) is 4.98 Å². The van der Waals surface area contributed by atoms with Gasteiger partial charge in [-0.2, -0.15) is 0 Å². The summed E-state index contributed by atoms with van der Waals surface area (Å²) in [6.07, 6.45) is 1.56. The molecule has 1 aromatic heterocycles. The van der Waals surface area contributed by atoms with Crippen LogP contribution in [0.5, 0.6) is 5.88 Å². The average molecular weight is 238 g/mol. The van der Waals surface area contributed by atoms with E-state index >= 15 is 0 Å². The average Bonchev–Trinajstić information content (AvgIpc) is 2.27. The van der Waals surface area contributed by atoms with Crippen molar-refractivity contribution in [2.45, 2.75) is 6.61 Å². The first-order valence-corrected chi connectivity index (χ1v) is 5.10. The van der Waals surface area contributed by atoms with E-state index in [0.29, 0.717) is 10.9 Å². The first kappa shape index (κ1) is 10.9. The minimum absolute atomic E-state index is 0.269. The maximum Gasteiger partial charge on any atom is 0.215 e. The molecule has 0 aliphatic carbocycles. The van der Waals surface area contributed by atoms with E-state index in [0.717, 1.165) is 5.56 Å². The van der Waals surface area contributed by atoms with Crippen LogP contribution in [0.15, 0.2) is 42.6 Å². The molecule has 0 atom stereocenters. The third-order valence-corrected chi connectivity index (χ3v) is 2.21. The Kier molecular flexibility index (Phi) is 3.37. The Morgan fingerprint density at radius 2 is 2.12 bits per heavy atom. The molecule has 0 bridgehead atoms. The maximum atomic E-state index is 12.9. The van der Waals surface area contributed by atoms with Crippen LogP contribution in [0.1, 0.15) is 5.56 Å². The van der Waals surface area contributed by atoms with Gasteiger partial charge in [0.1, 0.15) is 12.4 Å². The Hall–Kier alpha value is -1.61. The molecule has 16 heavy (non-hydrogen) atoms. The summed E-state index contributed by atoms with van der Waals surface area (Å²) < 4.78 is 18.2. The number of ether oxygens (including phenoxy) is 1. The van der Waals surface area contributed by atoms with E-state index in [1.54, 1.807) is 30.5 Å². The summed E-state index contributed by atoms with van der Waals surface area (Å²) in [4.78, 5) is 3.98. The second-order valence-electron chi connectivity index (χ2n) is 3.23. The van der Waals surface area contributed by atoms with Gasteiger partial charge in [0.05, 0.1) is 0 Å². The molecule has 0 unspecified atom stereocenters. The first-order valence-electron chi connectivity index (χ1n) is 4.73. The molecule has 0 saturated heterocycles. The highest BCUT2D eigenvalue weighted by Crippen LogP contribution is 2.15. The van der Waals surface area contributed by atoms with Gasteiger partial charge in [0, 0.05) is 17.3 Å². The van der Waals surface area contributed by atoms with E-state index in [1.807, 2.05) is 0 Å². The summed E-state index contributed by atoms with van der Waals surface area (Å²) in [5.41, 5.74) is 0.752. The Bertz CT molecular complexity index is 444. The van der Waals surface area contributed by atoms with E-state index < -0.39 is 0 Å². The molecule has 0 saturated carbocycles. The topological polar surface area (TPSA) is 22.1 Å². The highest BCUT2D eigenvalue weighted by atomic mass is 35.5. The Morgan fingerprint density at radius 3 is 2.88 bits per heavy atom. The zero-order chi connectivity index (χ0) is 11.4. The molecule has 2 aromatic rings. The Balaban J connectivity index is 2.02. The quantitative estimate of drug-likeness (QED) is 0.816. The molecule has 0 spiro atoms. The molecule has 2 rings (SSSR count). The largest absolute Gasteiger partial charge is 0.473 e. The number of aromatic nitrogens is 1. The van der Waals surface area contributed by atoms with Crippen molar-refractivity contribution >= 4 is 11.6 Å². The Labute approximate surface area is 97.7 Å². The molecular formula is C12H9ClFNO. The van der Waals surface area contributed by atoms with Crippen molar-refractivity contribution in [3.8, 4) is 5.88 Å². The molecule has 0 amide bonds. The lowest BCUT2D eigenvalue weighted by atomic mass is 10.2. The van der Waals surface area contributed by atoms with Crippen LogP contribution in [0.4, 0.5) is 4.39 Å². The molecule has 0 aliphatic rings. The van der Waals surface area contributed by atoms with Crippen molar-refractivity contribution in [2.75, 3.05) is 0 Å². The number of rotatable bonds is 3. The molecule has 82 valence electrons. The molecular weight excluding hydrogens is 229 g/mol. The fourth-order valence-electron chi connectivity index (χ4n) is 1.25. The second-order valence-corrected chi connectivity index (χ2v) is 3.67. The lowest BCUT2D eigenvalue weighted by Gasteiger charge is -2.05. The fourth-order valence-corrected chi connectivity index (χ4v) is 1.40. The van der Waals surface area contributed by atoms with Crippen molar-refractivity contribution in [3.05, 3.63) is 59.0 Å². The van der Waals surface area contributed by atoms with Crippen LogP contribution in [0.2, 0.25) is 5.02 Å². The SMILES string of the molecule is Fc1cccc(COc2cc(Cl)ccn2)c1. The van der Waals surface area contributed by atoms with Crippen molar-refractivity contribution in [3.63, 3.8) is 0 Å². The smallest absolute Gasteiger partial charge is 0.215 e. The lowest BCUT2D eigenvalue weighted by Crippen LogP contribution is -1.97. The van der Waals surface area contributed by atoms with Gasteiger partial charge < -0.3 is 4.74 Å². The standard InChI is InChI=1S/C12H9ClFNO/c13-10-4-5-15-12(7-10)16-8-9-2-1-3-11(14)6-9/h1-7H,8H2. The zero-order valence-electron chi connectivity index (χ0n) is 8.36. The van der Waals surface area contributed by atoms with Gasteiger partial charge in [-0.15, -0.1) is 0 Å². The van der Waals surface area contributed by atoms with Gasteiger partial charge in [0.2, 0.25) is 5.88 Å². The number of hydrogen-bond acceptors (Lipinski definition) is 2. The van der Waals surface area contributed by atoms with Gasteiger partial charge in [0.15, 0.2) is 0 Å². The van der Waals surface area contributed by atoms with Gasteiger partial charge in [-0.3, -0.25) is 0 Å². The van der Waals surface area contributed by atoms with Crippen LogP contribution in [0.3, 0.4) is 0 Å². The summed E-state index contributed by atoms with van der Waals surface area (Å²) in [6, 6.07) is 9.51. The number of pyridine rings is 1. The van der Waals surface area contributed by atoms with Crippen molar-refractivity contribution < 1.29 is 9.13 Å². The second kappa shape index (κ2) is 4.94. The predicted octanol–water partition coefficient (Wildman–Crippen LogP) is 3.45. The van der Waals surface area contributed by atoms with E-state index in [9.17, 15) is 4.39 Å². The lowest BCUT2D eigenvalue weighted by molar-refractivity contribution is 0.293. The van der Waals surface area contributed by atoms with Gasteiger partial charge >= 0.3 is 0 Å². The molecule has 2 nitrogen and oxygen atoms in total. The van der Waals surface area contributed by atoms with Crippen LogP contribution < -0.4 is 4.74 Å². The van der Waals surface area contributed by atoms with Gasteiger partial charge in [-0.05, 0) is 23.8 Å². The summed E-state index contributed by atoms with van der Waals surface area (Å²) >= 11 is 5.77. The van der Waals surface area contributed by atoms with E-state index in [1.165, 1.54) is 12.1 Å². The number of halogens is 2. The fraction of sp³-hybridized carbons (Fsp3) is 0.0833. The first-order chi connectivity index (χ1) is 7.74. The summed E-state index contributed by atoms with van der Waals surface area (Å²) in [5.74, 6) is 0.150. The van der Waals surface area contributed by atoms with Crippen molar-refractivity contribution in [1.29, 1.82) is 0 Å². The minimum atomic E-state index is -0.278. The number of benzene rings is 1. The molecule has 0 N–H and O–H groups in total. The van der Waals surface area contributed by atoms with Gasteiger partial charge in [-0.25, -0.2) is 9.37 Å². The summed E-state index contributed by atoms with van der Waals surface area (Å²) in [7, 11) is 0. The van der Waals surface area contributed by atoms with Crippen molar-refractivity contribution in [2.24, 2.45) is 0 Å². The summed E-state index contributed by atoms with van der Waals surface area (Å²) in [5, 5.41) is 0.559. The maximum absolute atomic E-state index is 12.9. The summed E-state index contributed by atoms with van der Waals surface area (Å²) in [6.45, 7) is 0.269. The van der Waals surface area contributed by atoms with E-state index in [2.05, 4.69) is 4.98 Å². The van der Waals surface area contributed by atoms with Crippen LogP contribution in [-0.4, -0.2) is 4.98 Å². The molecule has 1 heterocycles. The highest BCUT2D eigenvalue weighted by molar-refractivity contribution is 6.30. The predicted molar refractivity (Wildman–Crippen MR) is 60.0 cm³/mol. The molecule has 0 aliphatic heterocycles. The monoisotopic (exact) mass is 237 g/mol. The van der Waals surface area contributed by atoms with Crippen LogP contribution >= 0.6 is 11.6 Å². The van der Waals surface area contributed by atoms with Crippen LogP contribution in [0.25, 0.3) is 0 Å². The third kappa shape index (κ3) is 2.94. The van der Waals surface area contributed by atoms with Gasteiger partial charge in [0.25, 0.3) is 0 Å². The molecule has 0 fully saturated rings. The third-order valence-electron chi connectivity index (χ3n) is 1.97. The molecule has 4 heteroatoms. The van der Waals surface area contributed by atoms with Crippen LogP contribution in [-0.2, 0) is 6.61 Å². The van der Waals surface area contributed by atoms with E-state index in [-0.39, 0.29) is 12.4 Å². The molecule has 0 radical (unpaired) electrons.